The normalized spacial score (nSPS) is 37.1. The summed E-state index contributed by atoms with van der Waals surface area (Å²) in [5, 5.41) is 10.5. The summed E-state index contributed by atoms with van der Waals surface area (Å²) in [5.74, 6) is -0.219. The fraction of sp³-hybridized carbons (Fsp3) is 0.562. The quantitative estimate of drug-likeness (QED) is 0.844. The minimum atomic E-state index is -0.497. The molecule has 0 radical (unpaired) electrons. The maximum Gasteiger partial charge on any atom is 0.164 e. The van der Waals surface area contributed by atoms with Crippen molar-refractivity contribution in [1.82, 2.24) is 0 Å². The molecule has 0 saturated heterocycles. The Labute approximate surface area is 113 Å². The average Bonchev–Trinajstić information content (AvgIpc) is 2.92. The molecule has 2 aliphatic carbocycles. The summed E-state index contributed by atoms with van der Waals surface area (Å²) in [6.45, 7) is 6.34. The summed E-state index contributed by atoms with van der Waals surface area (Å²) in [6, 6.07) is 1.83. The first-order valence-electron chi connectivity index (χ1n) is 6.84. The van der Waals surface area contributed by atoms with Gasteiger partial charge in [0.15, 0.2) is 5.78 Å². The molecule has 0 aliphatic heterocycles. The molecule has 1 aromatic rings. The molecule has 2 aliphatic rings. The molecule has 1 aromatic heterocycles. The van der Waals surface area contributed by atoms with Crippen LogP contribution in [0.25, 0.3) is 0 Å². The van der Waals surface area contributed by atoms with Crippen molar-refractivity contribution in [3.63, 3.8) is 0 Å². The molecule has 1 fully saturated rings. The second kappa shape index (κ2) is 3.83. The van der Waals surface area contributed by atoms with Gasteiger partial charge in [-0.05, 0) is 30.4 Å². The number of carbonyl (C=O) groups is 1. The van der Waals surface area contributed by atoms with Crippen LogP contribution in [0.15, 0.2) is 34.7 Å². The number of fused-ring (bicyclic) bond motifs is 1. The first-order valence-corrected chi connectivity index (χ1v) is 6.84. The third-order valence-corrected chi connectivity index (χ3v) is 5.09. The van der Waals surface area contributed by atoms with Gasteiger partial charge >= 0.3 is 0 Å². The van der Waals surface area contributed by atoms with Crippen LogP contribution in [0.4, 0.5) is 0 Å². The highest BCUT2D eigenvalue weighted by atomic mass is 16.3. The average molecular weight is 260 g/mol. The van der Waals surface area contributed by atoms with Crippen molar-refractivity contribution in [2.75, 3.05) is 0 Å². The van der Waals surface area contributed by atoms with Gasteiger partial charge in [0, 0.05) is 11.0 Å². The van der Waals surface area contributed by atoms with Crippen molar-refractivity contribution in [2.45, 2.75) is 45.6 Å². The molecule has 0 amide bonds. The molecular formula is C16H20O3. The molecule has 19 heavy (non-hydrogen) atoms. The number of hydrogen-bond donors (Lipinski definition) is 1. The highest BCUT2D eigenvalue weighted by Crippen LogP contribution is 2.60. The fourth-order valence-corrected chi connectivity index (χ4v) is 4.01. The van der Waals surface area contributed by atoms with Gasteiger partial charge in [-0.15, -0.1) is 0 Å². The van der Waals surface area contributed by atoms with E-state index in [0.717, 1.165) is 24.0 Å². The summed E-state index contributed by atoms with van der Waals surface area (Å²) in [5.41, 5.74) is 1.44. The van der Waals surface area contributed by atoms with E-state index in [1.165, 1.54) is 0 Å². The third-order valence-electron chi connectivity index (χ3n) is 5.09. The van der Waals surface area contributed by atoms with Crippen molar-refractivity contribution in [3.05, 3.63) is 35.8 Å². The zero-order chi connectivity index (χ0) is 13.8. The van der Waals surface area contributed by atoms with Gasteiger partial charge in [-0.25, -0.2) is 0 Å². The van der Waals surface area contributed by atoms with Gasteiger partial charge in [-0.2, -0.15) is 0 Å². The molecule has 102 valence electrons. The minimum Gasteiger partial charge on any atom is -0.472 e. The Morgan fingerprint density at radius 2 is 2.11 bits per heavy atom. The predicted octanol–water partition coefficient (Wildman–Crippen LogP) is 3.06. The van der Waals surface area contributed by atoms with Crippen molar-refractivity contribution in [3.8, 4) is 0 Å². The second-order valence-electron chi connectivity index (χ2n) is 6.67. The highest BCUT2D eigenvalue weighted by Gasteiger charge is 2.57. The number of carbonyl (C=O) groups excluding carboxylic acids is 1. The van der Waals surface area contributed by atoms with E-state index < -0.39 is 11.5 Å². The molecular weight excluding hydrogens is 240 g/mol. The lowest BCUT2D eigenvalue weighted by atomic mass is 9.56. The molecule has 1 heterocycles. The van der Waals surface area contributed by atoms with E-state index in [-0.39, 0.29) is 17.1 Å². The molecule has 3 heteroatoms. The Morgan fingerprint density at radius 1 is 1.37 bits per heavy atom. The molecule has 0 aromatic carbocycles. The topological polar surface area (TPSA) is 50.4 Å². The number of rotatable bonds is 1. The van der Waals surface area contributed by atoms with Crippen LogP contribution in [-0.4, -0.2) is 17.0 Å². The molecule has 3 nitrogen and oxygen atoms in total. The molecule has 1 saturated carbocycles. The number of allylic oxidation sites excluding steroid dienone is 1. The van der Waals surface area contributed by atoms with Crippen LogP contribution >= 0.6 is 0 Å². The van der Waals surface area contributed by atoms with E-state index in [1.807, 2.05) is 13.0 Å². The fourth-order valence-electron chi connectivity index (χ4n) is 4.01. The van der Waals surface area contributed by atoms with E-state index in [2.05, 4.69) is 13.8 Å². The van der Waals surface area contributed by atoms with Crippen LogP contribution in [0.1, 0.15) is 45.1 Å². The molecule has 3 atom stereocenters. The van der Waals surface area contributed by atoms with E-state index in [1.54, 1.807) is 18.6 Å². The smallest absolute Gasteiger partial charge is 0.164 e. The zero-order valence-corrected chi connectivity index (χ0v) is 11.6. The first-order chi connectivity index (χ1) is 8.87. The van der Waals surface area contributed by atoms with Crippen LogP contribution in [-0.2, 0) is 4.79 Å². The third kappa shape index (κ3) is 1.57. The second-order valence-corrected chi connectivity index (χ2v) is 6.67. The molecule has 3 rings (SSSR count). The Kier molecular flexibility index (Phi) is 2.55. The predicted molar refractivity (Wildman–Crippen MR) is 71.7 cm³/mol. The van der Waals surface area contributed by atoms with Crippen LogP contribution < -0.4 is 0 Å². The number of ketones is 1. The monoisotopic (exact) mass is 260 g/mol. The first kappa shape index (κ1) is 12.7. The maximum absolute atomic E-state index is 12.4. The Morgan fingerprint density at radius 3 is 2.74 bits per heavy atom. The lowest BCUT2D eigenvalue weighted by Crippen LogP contribution is -2.46. The van der Waals surface area contributed by atoms with E-state index in [0.29, 0.717) is 0 Å². The highest BCUT2D eigenvalue weighted by molar-refractivity contribution is 6.00. The zero-order valence-electron chi connectivity index (χ0n) is 11.6. The van der Waals surface area contributed by atoms with Crippen molar-refractivity contribution >= 4 is 5.78 Å². The number of hydrogen-bond acceptors (Lipinski definition) is 3. The van der Waals surface area contributed by atoms with Gasteiger partial charge in [0.1, 0.15) is 0 Å². The van der Waals surface area contributed by atoms with Gasteiger partial charge in [-0.1, -0.05) is 26.3 Å². The summed E-state index contributed by atoms with van der Waals surface area (Å²) in [4.78, 5) is 12.4. The van der Waals surface area contributed by atoms with Crippen LogP contribution in [0.2, 0.25) is 0 Å². The molecule has 1 unspecified atom stereocenters. The number of aliphatic hydroxyl groups is 1. The summed E-state index contributed by atoms with van der Waals surface area (Å²) in [6.07, 6.45) is 6.16. The van der Waals surface area contributed by atoms with Gasteiger partial charge in [0.2, 0.25) is 0 Å². The van der Waals surface area contributed by atoms with Crippen LogP contribution in [0.5, 0.6) is 0 Å². The summed E-state index contributed by atoms with van der Waals surface area (Å²) >= 11 is 0. The Balaban J connectivity index is 2.14. The lowest BCUT2D eigenvalue weighted by Gasteiger charge is -2.48. The van der Waals surface area contributed by atoms with Gasteiger partial charge < -0.3 is 9.52 Å². The molecule has 0 bridgehead atoms. The van der Waals surface area contributed by atoms with E-state index in [4.69, 9.17) is 4.42 Å². The van der Waals surface area contributed by atoms with Crippen molar-refractivity contribution in [2.24, 2.45) is 10.8 Å². The van der Waals surface area contributed by atoms with E-state index in [9.17, 15) is 9.90 Å². The summed E-state index contributed by atoms with van der Waals surface area (Å²) in [7, 11) is 0. The Hall–Kier alpha value is -1.35. The molecule has 1 N–H and O–H groups in total. The van der Waals surface area contributed by atoms with Crippen LogP contribution in [0.3, 0.4) is 0 Å². The standard InChI is InChI=1S/C16H20O3/c1-15(2)6-4-13(18)16(3)12(15)8-11(17)14(16)10-5-7-19-9-10/h5,7-9,13-14,18H,4,6H2,1-3H3/t13-,14?,16-/m0/s1. The van der Waals surface area contributed by atoms with Crippen LogP contribution in [0, 0.1) is 10.8 Å². The number of furan rings is 1. The van der Waals surface area contributed by atoms with E-state index >= 15 is 0 Å². The largest absolute Gasteiger partial charge is 0.472 e. The molecule has 0 spiro atoms. The van der Waals surface area contributed by atoms with Crippen molar-refractivity contribution < 1.29 is 14.3 Å². The van der Waals surface area contributed by atoms with Crippen molar-refractivity contribution in [1.29, 1.82) is 0 Å². The van der Waals surface area contributed by atoms with Gasteiger partial charge in [0.25, 0.3) is 0 Å². The Bertz CT molecular complexity index is 538. The maximum atomic E-state index is 12.4. The van der Waals surface area contributed by atoms with Gasteiger partial charge in [-0.3, -0.25) is 4.79 Å². The number of aliphatic hydroxyl groups excluding tert-OH is 1. The SMILES string of the molecule is CC1(C)CC[C@H](O)[C@]2(C)C1=CC(=O)C2c1ccoc1. The lowest BCUT2D eigenvalue weighted by molar-refractivity contribution is -0.119. The van der Waals surface area contributed by atoms with Gasteiger partial charge in [0.05, 0.1) is 24.5 Å². The summed E-state index contributed by atoms with van der Waals surface area (Å²) < 4.78 is 5.13. The minimum absolute atomic E-state index is 0.0257.